The molecule has 0 spiro atoms. The lowest BCUT2D eigenvalue weighted by Crippen LogP contribution is -2.62. The Kier molecular flexibility index (Phi) is 48.7. The van der Waals surface area contributed by atoms with E-state index in [1.54, 1.807) is 34.0 Å². The SMILES string of the molecule is CSCC[C@H](NC(=O)[C@H](CO)NC(=O)[C@H](CCCNC(=N)N)NC(=O)[C@H](CC(C)C)NC(=O)[C@H](CCCCN)NC(C)=O)C(=O)N[C@H](C(=O)N[C@@H](CC(=O)O)C(=O)N[C@@H](CCCCN)C(=O)N[C@@H](Cc1ccc(O)cc1)C(=O)N[C@@H](CCCNC(=N)N)C(=O)N[C@@H](CC(C)C)C(=O)N[C@@H](Cc1cnc[nH]1)C(=O)N[C@@H](CC(C)C)C(N)=O)[C@@H](C)O. The number of aromatic hydroxyl groups is 1. The van der Waals surface area contributed by atoms with Gasteiger partial charge < -0.3 is 134 Å². The number of carbonyl (C=O) groups is 15. The largest absolute Gasteiger partial charge is 0.508 e. The van der Waals surface area contributed by atoms with Gasteiger partial charge in [-0.1, -0.05) is 53.7 Å². The van der Waals surface area contributed by atoms with Gasteiger partial charge in [-0.25, -0.2) is 4.98 Å². The molecule has 0 aliphatic rings. The van der Waals surface area contributed by atoms with Crippen molar-refractivity contribution in [3.63, 3.8) is 0 Å². The number of benzene rings is 1. The number of unbranched alkanes of at least 4 members (excludes halogenated alkanes) is 2. The molecule has 2 aromatic rings. The Labute approximate surface area is 696 Å². The second-order valence-electron chi connectivity index (χ2n) is 30.2. The second-order valence-corrected chi connectivity index (χ2v) is 31.2. The fourth-order valence-corrected chi connectivity index (χ4v) is 12.6. The minimum atomic E-state index is -2.10. The Morgan fingerprint density at radius 3 is 1.19 bits per heavy atom. The van der Waals surface area contributed by atoms with E-state index in [9.17, 15) is 92.3 Å². The van der Waals surface area contributed by atoms with Crippen LogP contribution < -0.4 is 108 Å². The third-order valence-electron chi connectivity index (χ3n) is 18.3. The van der Waals surface area contributed by atoms with Gasteiger partial charge in [0, 0.05) is 44.7 Å². The Balaban J connectivity index is 2.60. The summed E-state index contributed by atoms with van der Waals surface area (Å²) in [6.07, 6.45) is 1.92. The maximum absolute atomic E-state index is 14.9. The maximum atomic E-state index is 14.9. The molecule has 0 radical (unpaired) electrons. The maximum Gasteiger partial charge on any atom is 0.305 e. The third kappa shape index (κ3) is 41.8. The number of thioether (sulfide) groups is 1. The van der Waals surface area contributed by atoms with E-state index in [0.717, 1.165) is 6.92 Å². The van der Waals surface area contributed by atoms with Gasteiger partial charge >= 0.3 is 5.97 Å². The van der Waals surface area contributed by atoms with Gasteiger partial charge in [-0.05, 0) is 157 Å². The van der Waals surface area contributed by atoms with Gasteiger partial charge in [0.25, 0.3) is 0 Å². The minimum Gasteiger partial charge on any atom is -0.508 e. The molecule has 32 N–H and O–H groups in total. The van der Waals surface area contributed by atoms with Crippen LogP contribution in [0.2, 0.25) is 0 Å². The number of aromatic nitrogens is 2. The summed E-state index contributed by atoms with van der Waals surface area (Å²) >= 11 is 1.21. The number of aliphatic carboxylic acids is 1. The molecule has 0 fully saturated rings. The van der Waals surface area contributed by atoms with Crippen molar-refractivity contribution in [2.45, 2.75) is 249 Å². The monoisotopic (exact) mass is 1700 g/mol. The highest BCUT2D eigenvalue weighted by Crippen LogP contribution is 2.17. The minimum absolute atomic E-state index is 0.00237. The molecular weight excluding hydrogens is 1570 g/mol. The van der Waals surface area contributed by atoms with Crippen molar-refractivity contribution >= 4 is 112 Å². The molecule has 668 valence electrons. The summed E-state index contributed by atoms with van der Waals surface area (Å²) in [6, 6.07) is -14.7. The number of amides is 14. The first kappa shape index (κ1) is 104. The molecule has 0 aliphatic heterocycles. The van der Waals surface area contributed by atoms with Crippen LogP contribution in [0, 0.1) is 28.6 Å². The lowest BCUT2D eigenvalue weighted by Gasteiger charge is -2.29. The molecule has 0 aliphatic carbocycles. The Morgan fingerprint density at radius 1 is 0.454 bits per heavy atom. The smallest absolute Gasteiger partial charge is 0.305 e. The summed E-state index contributed by atoms with van der Waals surface area (Å²) in [5.41, 5.74) is 28.9. The van der Waals surface area contributed by atoms with E-state index in [-0.39, 0.29) is 139 Å². The molecule has 1 aromatic heterocycles. The average molecular weight is 1700 g/mol. The van der Waals surface area contributed by atoms with E-state index in [1.165, 1.54) is 55.5 Å². The van der Waals surface area contributed by atoms with Gasteiger partial charge in [0.1, 0.15) is 84.3 Å². The Hall–Kier alpha value is -11.0. The molecule has 0 bridgehead atoms. The van der Waals surface area contributed by atoms with Gasteiger partial charge in [0.2, 0.25) is 82.7 Å². The van der Waals surface area contributed by atoms with Crippen LogP contribution in [0.3, 0.4) is 0 Å². The van der Waals surface area contributed by atoms with E-state index in [1.807, 2.05) is 13.8 Å². The number of aliphatic hydroxyl groups excluding tert-OH is 2. The number of carboxylic acid groups (broad SMARTS) is 1. The Bertz CT molecular complexity index is 3630. The number of hydrogen-bond acceptors (Lipinski definition) is 24. The number of hydrogen-bond donors (Lipinski definition) is 27. The van der Waals surface area contributed by atoms with E-state index in [0.29, 0.717) is 30.6 Å². The molecule has 2 rings (SSSR count). The molecule has 0 saturated heterocycles. The second kappa shape index (κ2) is 55.6. The first-order valence-corrected chi connectivity index (χ1v) is 41.0. The highest BCUT2D eigenvalue weighted by molar-refractivity contribution is 7.98. The summed E-state index contributed by atoms with van der Waals surface area (Å²) in [7, 11) is 0. The topological polar surface area (TPSA) is 724 Å². The highest BCUT2D eigenvalue weighted by atomic mass is 32.2. The molecule has 44 heteroatoms. The summed E-state index contributed by atoms with van der Waals surface area (Å²) in [5, 5.41) is 95.3. The van der Waals surface area contributed by atoms with Gasteiger partial charge in [0.05, 0.1) is 25.5 Å². The predicted octanol–water partition coefficient (Wildman–Crippen LogP) is -5.77. The normalized spacial score (nSPS) is 14.7. The molecule has 0 unspecified atom stereocenters. The predicted molar refractivity (Wildman–Crippen MR) is 441 cm³/mol. The number of aromatic amines is 1. The van der Waals surface area contributed by atoms with Crippen LogP contribution >= 0.6 is 11.8 Å². The number of primary amides is 1. The number of phenolic OH excluding ortho intramolecular Hbond substituents is 1. The van der Waals surface area contributed by atoms with Crippen LogP contribution in [0.4, 0.5) is 0 Å². The number of imidazole rings is 1. The fraction of sp³-hybridized carbons (Fsp3) is 0.653. The van der Waals surface area contributed by atoms with Crippen LogP contribution in [0.1, 0.15) is 163 Å². The van der Waals surface area contributed by atoms with Crippen molar-refractivity contribution in [1.29, 1.82) is 10.8 Å². The van der Waals surface area contributed by atoms with Crippen molar-refractivity contribution in [1.82, 2.24) is 89.7 Å². The number of phenols is 1. The first-order valence-electron chi connectivity index (χ1n) is 39.6. The molecule has 1 heterocycles. The molecule has 1 aromatic carbocycles. The summed E-state index contributed by atoms with van der Waals surface area (Å²) in [4.78, 5) is 216. The first-order chi connectivity index (χ1) is 56.1. The van der Waals surface area contributed by atoms with Crippen molar-refractivity contribution in [2.24, 2.45) is 46.4 Å². The van der Waals surface area contributed by atoms with Crippen LogP contribution in [-0.4, -0.2) is 260 Å². The van der Waals surface area contributed by atoms with Crippen molar-refractivity contribution < 1.29 is 92.3 Å². The number of rotatable bonds is 59. The lowest BCUT2D eigenvalue weighted by molar-refractivity contribution is -0.142. The number of carbonyl (C=O) groups excluding carboxylic acids is 14. The molecule has 0 saturated carbocycles. The van der Waals surface area contributed by atoms with Crippen molar-refractivity contribution in [3.8, 4) is 5.75 Å². The lowest BCUT2D eigenvalue weighted by atomic mass is 10.00. The molecular formula is C75H128N24O19S. The number of H-pyrrole nitrogens is 1. The summed E-state index contributed by atoms with van der Waals surface area (Å²) < 4.78 is 0. The number of aliphatic hydroxyl groups is 2. The number of nitrogens with zero attached hydrogens (tertiary/aromatic N) is 1. The zero-order valence-corrected chi connectivity index (χ0v) is 70.0. The average Bonchev–Trinajstić information content (AvgIpc) is 1.23. The van der Waals surface area contributed by atoms with Crippen LogP contribution in [-0.2, 0) is 84.8 Å². The standard InChI is InChI=1S/C75H128N24O19S/c1-39(2)30-52(61(78)106)92-70(115)56(34-45-36-83-38-86-45)96-68(113)54(32-41(5)6)94-64(109)49(18-14-27-84-74(79)80)90-69(114)55(33-44-20-22-46(103)23-21-44)95-63(108)48(17-11-13-26-77)88-71(116)57(35-59(104)105)97-73(118)60(42(7)101)99-66(111)51(24-29-119-9)91-72(117)58(37-100)98-65(110)50(19-15-28-85-75(81)82)89-67(112)53(31-40(3)4)93-62(107)47(87-43(8)102)16-10-12-25-76/h20-23,36,38-42,47-58,60,100-101,103H,10-19,24-35,37,76-77H2,1-9H3,(H2,78,106)(H,83,86)(H,87,102)(H,88,116)(H,89,112)(H,90,114)(H,91,117)(H,92,115)(H,93,107)(H,94,109)(H,95,108)(H,96,113)(H,97,118)(H,98,110)(H,99,111)(H,104,105)(H4,79,80,84)(H4,81,82,85)/t42-,47+,48+,49+,50+,51+,52+,53+,54+,55+,56+,57+,58+,60+/m1/s1. The molecule has 14 atom stereocenters. The third-order valence-corrected chi connectivity index (χ3v) is 18.9. The summed E-state index contributed by atoms with van der Waals surface area (Å²) in [5.74, 6) is -16.7. The van der Waals surface area contributed by atoms with Gasteiger partial charge in [-0.3, -0.25) is 82.7 Å². The van der Waals surface area contributed by atoms with E-state index in [4.69, 9.17) is 39.5 Å². The highest BCUT2D eigenvalue weighted by Gasteiger charge is 2.39. The molecule has 43 nitrogen and oxygen atoms in total. The number of nitrogens with two attached hydrogens (primary N) is 5. The van der Waals surface area contributed by atoms with Crippen LogP contribution in [0.25, 0.3) is 0 Å². The van der Waals surface area contributed by atoms with E-state index in [2.05, 4.69) is 89.7 Å². The van der Waals surface area contributed by atoms with Crippen molar-refractivity contribution in [3.05, 3.63) is 48.0 Å². The number of nitrogens with one attached hydrogen (secondary N) is 18. The fourth-order valence-electron chi connectivity index (χ4n) is 12.1. The van der Waals surface area contributed by atoms with Gasteiger partial charge in [-0.2, -0.15) is 11.8 Å². The van der Waals surface area contributed by atoms with Crippen molar-refractivity contribution in [2.75, 3.05) is 44.8 Å². The summed E-state index contributed by atoms with van der Waals surface area (Å²) in [6.45, 7) is 12.3. The molecule has 14 amide bonds. The Morgan fingerprint density at radius 2 is 0.807 bits per heavy atom. The number of carboxylic acids is 1. The van der Waals surface area contributed by atoms with E-state index >= 15 is 0 Å². The van der Waals surface area contributed by atoms with Gasteiger partial charge in [-0.15, -0.1) is 0 Å². The molecule has 119 heavy (non-hydrogen) atoms. The number of guanidine groups is 2. The zero-order valence-electron chi connectivity index (χ0n) is 69.2. The van der Waals surface area contributed by atoms with E-state index < -0.39 is 198 Å². The van der Waals surface area contributed by atoms with Crippen LogP contribution in [0.15, 0.2) is 36.8 Å². The van der Waals surface area contributed by atoms with Gasteiger partial charge in [0.15, 0.2) is 11.9 Å². The van der Waals surface area contributed by atoms with Crippen LogP contribution in [0.5, 0.6) is 5.75 Å². The zero-order chi connectivity index (χ0) is 89.6. The quantitative estimate of drug-likeness (QED) is 0.0167.